The topological polar surface area (TPSA) is 130 Å². The maximum Gasteiger partial charge on any atom is 0.276 e. The van der Waals surface area contributed by atoms with Crippen molar-refractivity contribution in [1.29, 1.82) is 0 Å². The van der Waals surface area contributed by atoms with Gasteiger partial charge in [-0.1, -0.05) is 35.5 Å². The number of rotatable bonds is 10. The Hall–Kier alpha value is -3.95. The zero-order valence-corrected chi connectivity index (χ0v) is 17.2. The first kappa shape index (κ1) is 21.8. The first-order chi connectivity index (χ1) is 15.0. The van der Waals surface area contributed by atoms with Crippen LogP contribution in [-0.4, -0.2) is 41.7 Å². The zero-order chi connectivity index (χ0) is 22.2. The minimum Gasteiger partial charge on any atom is -0.493 e. The molecule has 10 heteroatoms. The van der Waals surface area contributed by atoms with Crippen molar-refractivity contribution in [3.63, 3.8) is 0 Å². The zero-order valence-electron chi connectivity index (χ0n) is 17.2. The number of benzene rings is 2. The van der Waals surface area contributed by atoms with Crippen LogP contribution in [0.15, 0.2) is 47.0 Å². The highest BCUT2D eigenvalue weighted by Crippen LogP contribution is 2.34. The summed E-state index contributed by atoms with van der Waals surface area (Å²) in [5.74, 6) is 1.28. The van der Waals surface area contributed by atoms with Gasteiger partial charge in [-0.15, -0.1) is 0 Å². The fourth-order valence-corrected chi connectivity index (χ4v) is 2.99. The summed E-state index contributed by atoms with van der Waals surface area (Å²) in [4.78, 5) is 27.3. The van der Waals surface area contributed by atoms with Crippen molar-refractivity contribution in [3.05, 3.63) is 64.0 Å². The molecular formula is C21H22N4O6. The molecular weight excluding hydrogens is 404 g/mol. The molecule has 0 fully saturated rings. The average molecular weight is 426 g/mol. The number of nitro benzene ring substituents is 1. The molecule has 3 aromatic rings. The van der Waals surface area contributed by atoms with Crippen LogP contribution in [-0.2, 0) is 17.6 Å². The summed E-state index contributed by atoms with van der Waals surface area (Å²) in [5, 5.41) is 18.0. The number of hydrogen-bond acceptors (Lipinski definition) is 8. The standard InChI is InChI=1S/C21H22N4O6/c1-29-17-12-15(16(25(27)28)13-18(17)30-2)10-11-22-19(26)8-9-20-23-21(24-31-20)14-6-4-3-5-7-14/h3-7,12-13H,8-11H2,1-2H3,(H,22,26). The maximum absolute atomic E-state index is 12.1. The third kappa shape index (κ3) is 5.56. The van der Waals surface area contributed by atoms with Crippen molar-refractivity contribution in [3.8, 4) is 22.9 Å². The molecule has 1 heterocycles. The number of nitro groups is 1. The van der Waals surface area contributed by atoms with E-state index in [0.29, 0.717) is 29.4 Å². The highest BCUT2D eigenvalue weighted by Gasteiger charge is 2.19. The molecule has 3 rings (SSSR count). The molecule has 0 atom stereocenters. The summed E-state index contributed by atoms with van der Waals surface area (Å²) >= 11 is 0. The number of carbonyl (C=O) groups excluding carboxylic acids is 1. The van der Waals surface area contributed by atoms with Crippen LogP contribution in [0.1, 0.15) is 17.9 Å². The fourth-order valence-electron chi connectivity index (χ4n) is 2.99. The number of methoxy groups -OCH3 is 2. The lowest BCUT2D eigenvalue weighted by atomic mass is 10.1. The highest BCUT2D eigenvalue weighted by atomic mass is 16.6. The number of carbonyl (C=O) groups is 1. The average Bonchev–Trinajstić information content (AvgIpc) is 3.27. The molecule has 1 amide bonds. The van der Waals surface area contributed by atoms with Crippen LogP contribution in [0.2, 0.25) is 0 Å². The lowest BCUT2D eigenvalue weighted by molar-refractivity contribution is -0.385. The minimum absolute atomic E-state index is 0.0915. The van der Waals surface area contributed by atoms with Crippen molar-refractivity contribution in [2.24, 2.45) is 0 Å². The second-order valence-corrected chi connectivity index (χ2v) is 6.57. The Bertz CT molecular complexity index is 1050. The lowest BCUT2D eigenvalue weighted by Crippen LogP contribution is -2.26. The largest absolute Gasteiger partial charge is 0.493 e. The molecule has 0 aliphatic heterocycles. The quantitative estimate of drug-likeness (QED) is 0.387. The van der Waals surface area contributed by atoms with E-state index in [1.807, 2.05) is 30.3 Å². The number of nitrogens with one attached hydrogen (secondary N) is 1. The van der Waals surface area contributed by atoms with Crippen LogP contribution in [0.3, 0.4) is 0 Å². The van der Waals surface area contributed by atoms with Crippen molar-refractivity contribution in [1.82, 2.24) is 15.5 Å². The molecule has 31 heavy (non-hydrogen) atoms. The van der Waals surface area contributed by atoms with Crippen LogP contribution in [0.25, 0.3) is 11.4 Å². The van der Waals surface area contributed by atoms with Crippen molar-refractivity contribution in [2.75, 3.05) is 20.8 Å². The summed E-state index contributed by atoms with van der Waals surface area (Å²) < 4.78 is 15.5. The molecule has 0 aliphatic carbocycles. The van der Waals surface area contributed by atoms with E-state index in [1.165, 1.54) is 20.3 Å². The Morgan fingerprint density at radius 1 is 1.13 bits per heavy atom. The molecule has 0 saturated heterocycles. The van der Waals surface area contributed by atoms with Gasteiger partial charge in [0.15, 0.2) is 11.5 Å². The Morgan fingerprint density at radius 3 is 2.52 bits per heavy atom. The van der Waals surface area contributed by atoms with Gasteiger partial charge in [0.2, 0.25) is 17.6 Å². The van der Waals surface area contributed by atoms with Gasteiger partial charge in [0.05, 0.1) is 25.2 Å². The van der Waals surface area contributed by atoms with Gasteiger partial charge >= 0.3 is 0 Å². The maximum atomic E-state index is 12.1. The first-order valence-electron chi connectivity index (χ1n) is 9.55. The highest BCUT2D eigenvalue weighted by molar-refractivity contribution is 5.76. The van der Waals surface area contributed by atoms with Crippen molar-refractivity contribution in [2.45, 2.75) is 19.3 Å². The molecule has 0 saturated carbocycles. The third-order valence-corrected chi connectivity index (χ3v) is 4.56. The van der Waals surface area contributed by atoms with Gasteiger partial charge in [-0.05, 0) is 12.5 Å². The van der Waals surface area contributed by atoms with Crippen LogP contribution in [0.4, 0.5) is 5.69 Å². The monoisotopic (exact) mass is 426 g/mol. The molecule has 1 N–H and O–H groups in total. The Kier molecular flexibility index (Phi) is 7.15. The molecule has 0 unspecified atom stereocenters. The van der Waals surface area contributed by atoms with E-state index in [4.69, 9.17) is 14.0 Å². The molecule has 10 nitrogen and oxygen atoms in total. The van der Waals surface area contributed by atoms with E-state index in [2.05, 4.69) is 15.5 Å². The Balaban J connectivity index is 1.53. The van der Waals surface area contributed by atoms with Gasteiger partial charge in [0.25, 0.3) is 5.69 Å². The minimum atomic E-state index is -0.487. The second-order valence-electron chi connectivity index (χ2n) is 6.57. The number of aromatic nitrogens is 2. The molecule has 162 valence electrons. The Labute approximate surface area is 178 Å². The summed E-state index contributed by atoms with van der Waals surface area (Å²) in [6, 6.07) is 12.3. The number of ether oxygens (including phenoxy) is 2. The SMILES string of the molecule is COc1cc(CCNC(=O)CCc2nc(-c3ccccc3)no2)c([N+](=O)[O-])cc1OC. The summed E-state index contributed by atoms with van der Waals surface area (Å²) in [6.07, 6.45) is 0.716. The van der Waals surface area contributed by atoms with Crippen LogP contribution >= 0.6 is 0 Å². The van der Waals surface area contributed by atoms with Crippen LogP contribution < -0.4 is 14.8 Å². The molecule has 2 aromatic carbocycles. The van der Waals surface area contributed by atoms with Crippen LogP contribution in [0.5, 0.6) is 11.5 Å². The predicted octanol–water partition coefficient (Wildman–Crippen LogP) is 2.95. The molecule has 0 spiro atoms. The van der Waals surface area contributed by atoms with E-state index in [0.717, 1.165) is 5.56 Å². The predicted molar refractivity (Wildman–Crippen MR) is 111 cm³/mol. The van der Waals surface area contributed by atoms with Crippen molar-refractivity contribution < 1.29 is 23.7 Å². The fraction of sp³-hybridized carbons (Fsp3) is 0.286. The summed E-state index contributed by atoms with van der Waals surface area (Å²) in [5.41, 5.74) is 1.18. The van der Waals surface area contributed by atoms with Gasteiger partial charge in [-0.3, -0.25) is 14.9 Å². The van der Waals surface area contributed by atoms with Gasteiger partial charge < -0.3 is 19.3 Å². The third-order valence-electron chi connectivity index (χ3n) is 4.56. The lowest BCUT2D eigenvalue weighted by Gasteiger charge is -2.11. The van der Waals surface area contributed by atoms with Gasteiger partial charge in [0.1, 0.15) is 0 Å². The molecule has 0 aliphatic rings. The van der Waals surface area contributed by atoms with Gasteiger partial charge in [-0.2, -0.15) is 4.98 Å². The molecule has 0 radical (unpaired) electrons. The van der Waals surface area contributed by atoms with E-state index < -0.39 is 4.92 Å². The number of aryl methyl sites for hydroxylation is 1. The van der Waals surface area contributed by atoms with Gasteiger partial charge in [0, 0.05) is 30.5 Å². The summed E-state index contributed by atoms with van der Waals surface area (Å²) in [7, 11) is 2.86. The first-order valence-corrected chi connectivity index (χ1v) is 9.55. The smallest absolute Gasteiger partial charge is 0.276 e. The van der Waals surface area contributed by atoms with E-state index in [9.17, 15) is 14.9 Å². The number of hydrogen-bond donors (Lipinski definition) is 1. The molecule has 0 bridgehead atoms. The van der Waals surface area contributed by atoms with Gasteiger partial charge in [-0.25, -0.2) is 0 Å². The van der Waals surface area contributed by atoms with Crippen molar-refractivity contribution >= 4 is 11.6 Å². The van der Waals surface area contributed by atoms with E-state index in [-0.39, 0.29) is 36.7 Å². The van der Waals surface area contributed by atoms with Crippen LogP contribution in [0, 0.1) is 10.1 Å². The summed E-state index contributed by atoms with van der Waals surface area (Å²) in [6.45, 7) is 0.230. The van der Waals surface area contributed by atoms with E-state index >= 15 is 0 Å². The number of nitrogens with zero attached hydrogens (tertiary/aromatic N) is 3. The Morgan fingerprint density at radius 2 is 1.84 bits per heavy atom. The van der Waals surface area contributed by atoms with E-state index in [1.54, 1.807) is 6.07 Å². The normalized spacial score (nSPS) is 10.5. The molecule has 1 aromatic heterocycles. The number of amides is 1. The second kappa shape index (κ2) is 10.2.